The van der Waals surface area contributed by atoms with Crippen molar-refractivity contribution in [3.63, 3.8) is 0 Å². The van der Waals surface area contributed by atoms with Crippen molar-refractivity contribution in [1.29, 1.82) is 0 Å². The first-order valence-electron chi connectivity index (χ1n) is 8.28. The highest BCUT2D eigenvalue weighted by atomic mass is 35.5. The van der Waals surface area contributed by atoms with Crippen LogP contribution in [0.25, 0.3) is 11.0 Å². The fourth-order valence-corrected chi connectivity index (χ4v) is 2.94. The molecular formula is C20H16ClN3O3. The van der Waals surface area contributed by atoms with Crippen LogP contribution in [0.5, 0.6) is 5.75 Å². The Morgan fingerprint density at radius 3 is 2.81 bits per heavy atom. The van der Waals surface area contributed by atoms with Crippen LogP contribution in [0.2, 0.25) is 5.02 Å². The number of furan rings is 1. The average Bonchev–Trinajstić information content (AvgIpc) is 3.30. The molecular weight excluding hydrogens is 366 g/mol. The number of anilines is 1. The number of para-hydroxylation sites is 1. The molecule has 2 aromatic heterocycles. The van der Waals surface area contributed by atoms with Crippen LogP contribution in [0, 0.1) is 0 Å². The SMILES string of the molecule is COc1cccc2cc(C(=O)Nc3ccnn3Cc3ccc(Cl)cc3)oc12. The Morgan fingerprint density at radius 2 is 2.04 bits per heavy atom. The molecule has 1 N–H and O–H groups in total. The molecule has 4 aromatic rings. The van der Waals surface area contributed by atoms with Gasteiger partial charge in [0.1, 0.15) is 5.82 Å². The zero-order chi connectivity index (χ0) is 18.8. The van der Waals surface area contributed by atoms with Gasteiger partial charge in [0, 0.05) is 16.5 Å². The molecule has 4 rings (SSSR count). The van der Waals surface area contributed by atoms with E-state index in [0.29, 0.717) is 28.7 Å². The fourth-order valence-electron chi connectivity index (χ4n) is 2.81. The van der Waals surface area contributed by atoms with Gasteiger partial charge < -0.3 is 14.5 Å². The predicted octanol–water partition coefficient (Wildman–Crippen LogP) is 4.59. The molecule has 1 amide bonds. The molecule has 0 fully saturated rings. The third-order valence-electron chi connectivity index (χ3n) is 4.16. The number of carbonyl (C=O) groups excluding carboxylic acids is 1. The van der Waals surface area contributed by atoms with Gasteiger partial charge in [0.2, 0.25) is 0 Å². The number of rotatable bonds is 5. The molecule has 7 heteroatoms. The average molecular weight is 382 g/mol. The third-order valence-corrected chi connectivity index (χ3v) is 4.41. The largest absolute Gasteiger partial charge is 0.493 e. The topological polar surface area (TPSA) is 69.3 Å². The third kappa shape index (κ3) is 3.52. The van der Waals surface area contributed by atoms with Crippen LogP contribution in [0.1, 0.15) is 16.1 Å². The van der Waals surface area contributed by atoms with Gasteiger partial charge in [-0.2, -0.15) is 5.10 Å². The zero-order valence-corrected chi connectivity index (χ0v) is 15.2. The number of hydrogen-bond acceptors (Lipinski definition) is 4. The van der Waals surface area contributed by atoms with Crippen molar-refractivity contribution in [3.8, 4) is 5.75 Å². The van der Waals surface area contributed by atoms with Crippen molar-refractivity contribution in [1.82, 2.24) is 9.78 Å². The minimum absolute atomic E-state index is 0.203. The number of nitrogens with zero attached hydrogens (tertiary/aromatic N) is 2. The van der Waals surface area contributed by atoms with Gasteiger partial charge >= 0.3 is 0 Å². The molecule has 0 aliphatic heterocycles. The Balaban J connectivity index is 1.55. The molecule has 0 radical (unpaired) electrons. The molecule has 0 saturated heterocycles. The van der Waals surface area contributed by atoms with E-state index >= 15 is 0 Å². The van der Waals surface area contributed by atoms with Crippen molar-refractivity contribution >= 4 is 34.3 Å². The minimum Gasteiger partial charge on any atom is -0.493 e. The standard InChI is InChI=1S/C20H16ClN3O3/c1-26-16-4-2-3-14-11-17(27-19(14)16)20(25)23-18-9-10-22-24(18)12-13-5-7-15(21)8-6-13/h2-11H,12H2,1H3,(H,23,25). The molecule has 0 bridgehead atoms. The van der Waals surface area contributed by atoms with Gasteiger partial charge in [-0.1, -0.05) is 35.9 Å². The summed E-state index contributed by atoms with van der Waals surface area (Å²) < 4.78 is 12.7. The van der Waals surface area contributed by atoms with Crippen LogP contribution in [0.15, 0.2) is 65.2 Å². The molecule has 0 spiro atoms. The van der Waals surface area contributed by atoms with E-state index < -0.39 is 0 Å². The molecule has 27 heavy (non-hydrogen) atoms. The van der Waals surface area contributed by atoms with Gasteiger partial charge in [-0.05, 0) is 29.8 Å². The smallest absolute Gasteiger partial charge is 0.292 e. The number of ether oxygens (including phenoxy) is 1. The second kappa shape index (κ2) is 7.17. The van der Waals surface area contributed by atoms with E-state index in [4.69, 9.17) is 20.8 Å². The second-order valence-corrected chi connectivity index (χ2v) is 6.38. The Bertz CT molecular complexity index is 1100. The number of benzene rings is 2. The van der Waals surface area contributed by atoms with Crippen LogP contribution in [0.4, 0.5) is 5.82 Å². The maximum Gasteiger partial charge on any atom is 0.292 e. The monoisotopic (exact) mass is 381 g/mol. The van der Waals surface area contributed by atoms with E-state index in [0.717, 1.165) is 10.9 Å². The molecule has 2 aromatic carbocycles. The lowest BCUT2D eigenvalue weighted by Gasteiger charge is -2.08. The number of hydrogen-bond donors (Lipinski definition) is 1. The number of amides is 1. The van der Waals surface area contributed by atoms with Crippen LogP contribution in [-0.4, -0.2) is 22.8 Å². The minimum atomic E-state index is -0.355. The highest BCUT2D eigenvalue weighted by Crippen LogP contribution is 2.28. The number of halogens is 1. The van der Waals surface area contributed by atoms with Crippen LogP contribution >= 0.6 is 11.6 Å². The Morgan fingerprint density at radius 1 is 1.22 bits per heavy atom. The molecule has 0 aliphatic rings. The fraction of sp³-hybridized carbons (Fsp3) is 0.100. The Hall–Kier alpha value is -3.25. The summed E-state index contributed by atoms with van der Waals surface area (Å²) in [6.07, 6.45) is 1.63. The molecule has 6 nitrogen and oxygen atoms in total. The number of nitrogens with one attached hydrogen (secondary N) is 1. The summed E-state index contributed by atoms with van der Waals surface area (Å²) >= 11 is 5.92. The highest BCUT2D eigenvalue weighted by molar-refractivity contribution is 6.30. The van der Waals surface area contributed by atoms with Crippen molar-refractivity contribution in [3.05, 3.63) is 77.1 Å². The summed E-state index contributed by atoms with van der Waals surface area (Å²) in [6.45, 7) is 0.508. The van der Waals surface area contributed by atoms with Crippen LogP contribution in [-0.2, 0) is 6.54 Å². The first-order chi connectivity index (χ1) is 13.1. The van der Waals surface area contributed by atoms with E-state index in [9.17, 15) is 4.79 Å². The maximum absolute atomic E-state index is 12.6. The summed E-state index contributed by atoms with van der Waals surface area (Å²) in [5.74, 6) is 1.00. The molecule has 2 heterocycles. The van der Waals surface area contributed by atoms with E-state index in [1.807, 2.05) is 36.4 Å². The molecule has 136 valence electrons. The highest BCUT2D eigenvalue weighted by Gasteiger charge is 2.16. The van der Waals surface area contributed by atoms with Crippen molar-refractivity contribution in [2.75, 3.05) is 12.4 Å². The van der Waals surface area contributed by atoms with E-state index in [1.54, 1.807) is 36.2 Å². The number of carbonyl (C=O) groups is 1. The normalized spacial score (nSPS) is 10.9. The summed E-state index contributed by atoms with van der Waals surface area (Å²) in [5.41, 5.74) is 1.56. The van der Waals surface area contributed by atoms with Gasteiger partial charge in [0.25, 0.3) is 5.91 Å². The Labute approximate surface area is 160 Å². The van der Waals surface area contributed by atoms with Gasteiger partial charge in [0.05, 0.1) is 19.9 Å². The second-order valence-electron chi connectivity index (χ2n) is 5.94. The Kier molecular flexibility index (Phi) is 4.56. The van der Waals surface area contributed by atoms with Crippen LogP contribution < -0.4 is 10.1 Å². The van der Waals surface area contributed by atoms with Crippen LogP contribution in [0.3, 0.4) is 0 Å². The first-order valence-corrected chi connectivity index (χ1v) is 8.66. The lowest BCUT2D eigenvalue weighted by atomic mass is 10.2. The van der Waals surface area contributed by atoms with E-state index in [2.05, 4.69) is 10.4 Å². The lowest BCUT2D eigenvalue weighted by molar-refractivity contribution is 0.0997. The van der Waals surface area contributed by atoms with Gasteiger partial charge in [-0.25, -0.2) is 4.68 Å². The zero-order valence-electron chi connectivity index (χ0n) is 14.5. The summed E-state index contributed by atoms with van der Waals surface area (Å²) in [4.78, 5) is 12.6. The number of methoxy groups -OCH3 is 1. The predicted molar refractivity (Wildman–Crippen MR) is 104 cm³/mol. The summed E-state index contributed by atoms with van der Waals surface area (Å²) in [7, 11) is 1.56. The van der Waals surface area contributed by atoms with E-state index in [1.165, 1.54) is 0 Å². The van der Waals surface area contributed by atoms with Crippen molar-refractivity contribution < 1.29 is 13.9 Å². The lowest BCUT2D eigenvalue weighted by Crippen LogP contribution is -2.15. The van der Waals surface area contributed by atoms with Crippen molar-refractivity contribution in [2.24, 2.45) is 0 Å². The number of aromatic nitrogens is 2. The quantitative estimate of drug-likeness (QED) is 0.549. The summed E-state index contributed by atoms with van der Waals surface area (Å²) in [5, 5.41) is 8.58. The molecule has 0 aliphatic carbocycles. The van der Waals surface area contributed by atoms with Gasteiger partial charge in [-0.15, -0.1) is 0 Å². The maximum atomic E-state index is 12.6. The molecule has 0 unspecified atom stereocenters. The summed E-state index contributed by atoms with van der Waals surface area (Å²) in [6, 6.07) is 16.4. The van der Waals surface area contributed by atoms with Gasteiger partial charge in [0.15, 0.2) is 17.1 Å². The number of fused-ring (bicyclic) bond motifs is 1. The van der Waals surface area contributed by atoms with E-state index in [-0.39, 0.29) is 11.7 Å². The first kappa shape index (κ1) is 17.2. The van der Waals surface area contributed by atoms with Gasteiger partial charge in [-0.3, -0.25) is 4.79 Å². The molecule has 0 saturated carbocycles. The molecule has 0 atom stereocenters. The van der Waals surface area contributed by atoms with Crippen molar-refractivity contribution in [2.45, 2.75) is 6.54 Å².